The van der Waals surface area contributed by atoms with Gasteiger partial charge in [0, 0.05) is 6.20 Å². The minimum absolute atomic E-state index is 0.209. The van der Waals surface area contributed by atoms with Crippen LogP contribution >= 0.6 is 0 Å². The van der Waals surface area contributed by atoms with Crippen molar-refractivity contribution in [3.8, 4) is 5.69 Å². The van der Waals surface area contributed by atoms with E-state index in [0.29, 0.717) is 0 Å². The fourth-order valence-electron chi connectivity index (χ4n) is 2.25. The largest absolute Gasteiger partial charge is 0.319 e. The highest BCUT2D eigenvalue weighted by molar-refractivity contribution is 5.36. The summed E-state index contributed by atoms with van der Waals surface area (Å²) in [5.74, 6) is 0. The third-order valence-corrected chi connectivity index (χ3v) is 3.28. The molecule has 1 atom stereocenters. The quantitative estimate of drug-likeness (QED) is 0.791. The molecule has 0 amide bonds. The van der Waals surface area contributed by atoms with E-state index in [9.17, 15) is 0 Å². The van der Waals surface area contributed by atoms with Crippen LogP contribution in [0.4, 0.5) is 0 Å². The normalized spacial score (nSPS) is 12.3. The number of pyridine rings is 1. The first-order valence-electron chi connectivity index (χ1n) is 6.50. The van der Waals surface area contributed by atoms with Gasteiger partial charge in [-0.2, -0.15) is 0 Å². The molecule has 0 saturated heterocycles. The van der Waals surface area contributed by atoms with Crippen LogP contribution in [0, 0.1) is 6.92 Å². The summed E-state index contributed by atoms with van der Waals surface area (Å²) in [6, 6.07) is 11.9. The molecule has 0 radical (unpaired) electrons. The Balaban J connectivity index is 2.03. The van der Waals surface area contributed by atoms with Gasteiger partial charge in [-0.05, 0) is 24.1 Å². The van der Waals surface area contributed by atoms with E-state index in [0.717, 1.165) is 22.5 Å². The van der Waals surface area contributed by atoms with Gasteiger partial charge in [0.15, 0.2) is 0 Å². The van der Waals surface area contributed by atoms with Gasteiger partial charge in [-0.3, -0.25) is 9.55 Å². The lowest BCUT2D eigenvalue weighted by atomic mass is 10.1. The monoisotopic (exact) mass is 264 g/mol. The summed E-state index contributed by atoms with van der Waals surface area (Å²) in [5, 5.41) is 0. The van der Waals surface area contributed by atoms with Crippen molar-refractivity contribution < 1.29 is 0 Å². The summed E-state index contributed by atoms with van der Waals surface area (Å²) in [4.78, 5) is 8.45. The van der Waals surface area contributed by atoms with Crippen LogP contribution in [-0.4, -0.2) is 14.5 Å². The van der Waals surface area contributed by atoms with E-state index in [2.05, 4.69) is 16.0 Å². The Morgan fingerprint density at radius 1 is 1.05 bits per heavy atom. The first kappa shape index (κ1) is 12.6. The number of nitrogens with zero attached hydrogens (tertiary/aromatic N) is 3. The fraction of sp³-hybridized carbons (Fsp3) is 0.125. The van der Waals surface area contributed by atoms with Crippen molar-refractivity contribution in [2.24, 2.45) is 5.73 Å². The summed E-state index contributed by atoms with van der Waals surface area (Å²) in [6.07, 6.45) is 7.22. The third kappa shape index (κ3) is 2.33. The molecule has 2 aromatic heterocycles. The fourth-order valence-corrected chi connectivity index (χ4v) is 2.25. The zero-order valence-corrected chi connectivity index (χ0v) is 11.3. The van der Waals surface area contributed by atoms with E-state index in [4.69, 9.17) is 5.73 Å². The Labute approximate surface area is 117 Å². The van der Waals surface area contributed by atoms with E-state index in [1.54, 1.807) is 12.5 Å². The molecule has 1 aromatic carbocycles. The maximum absolute atomic E-state index is 6.36. The van der Waals surface area contributed by atoms with E-state index < -0.39 is 0 Å². The maximum atomic E-state index is 6.36. The Bertz CT molecular complexity index is 703. The molecule has 0 fully saturated rings. The van der Waals surface area contributed by atoms with E-state index in [1.807, 2.05) is 54.2 Å². The van der Waals surface area contributed by atoms with Crippen molar-refractivity contribution in [3.63, 3.8) is 0 Å². The molecule has 2 heterocycles. The van der Waals surface area contributed by atoms with Crippen molar-refractivity contribution in [2.75, 3.05) is 0 Å². The van der Waals surface area contributed by atoms with Gasteiger partial charge in [-0.15, -0.1) is 0 Å². The molecule has 100 valence electrons. The lowest BCUT2D eigenvalue weighted by Gasteiger charge is -2.15. The van der Waals surface area contributed by atoms with Gasteiger partial charge < -0.3 is 5.73 Å². The first-order chi connectivity index (χ1) is 9.75. The van der Waals surface area contributed by atoms with Gasteiger partial charge in [0.05, 0.1) is 36.1 Å². The second-order valence-corrected chi connectivity index (χ2v) is 4.80. The van der Waals surface area contributed by atoms with Gasteiger partial charge in [-0.25, -0.2) is 4.98 Å². The second-order valence-electron chi connectivity index (χ2n) is 4.80. The molecule has 0 aliphatic carbocycles. The SMILES string of the molecule is Cc1cncc(-n2cncc2C(N)c2ccccc2)c1. The van der Waals surface area contributed by atoms with Gasteiger partial charge in [0.2, 0.25) is 0 Å². The Morgan fingerprint density at radius 2 is 1.85 bits per heavy atom. The summed E-state index contributed by atoms with van der Waals surface area (Å²) >= 11 is 0. The van der Waals surface area contributed by atoms with Crippen LogP contribution in [0.15, 0.2) is 61.3 Å². The Hall–Kier alpha value is -2.46. The molecule has 1 unspecified atom stereocenters. The van der Waals surface area contributed by atoms with Crippen molar-refractivity contribution in [2.45, 2.75) is 13.0 Å². The van der Waals surface area contributed by atoms with Crippen molar-refractivity contribution in [1.82, 2.24) is 14.5 Å². The number of aryl methyl sites for hydroxylation is 1. The summed E-state index contributed by atoms with van der Waals surface area (Å²) < 4.78 is 1.98. The second kappa shape index (κ2) is 5.27. The van der Waals surface area contributed by atoms with Crippen molar-refractivity contribution in [1.29, 1.82) is 0 Å². The molecule has 3 rings (SSSR count). The van der Waals surface area contributed by atoms with Crippen LogP contribution < -0.4 is 5.73 Å². The molecular weight excluding hydrogens is 248 g/mol. The molecular formula is C16H16N4. The molecule has 3 aromatic rings. The van der Waals surface area contributed by atoms with Gasteiger partial charge in [-0.1, -0.05) is 30.3 Å². The summed E-state index contributed by atoms with van der Waals surface area (Å²) in [6.45, 7) is 2.02. The third-order valence-electron chi connectivity index (χ3n) is 3.28. The molecule has 4 nitrogen and oxygen atoms in total. The number of hydrogen-bond acceptors (Lipinski definition) is 3. The molecule has 0 bridgehead atoms. The zero-order chi connectivity index (χ0) is 13.9. The molecule has 4 heteroatoms. The maximum Gasteiger partial charge on any atom is 0.0995 e. The van der Waals surface area contributed by atoms with Crippen LogP contribution in [-0.2, 0) is 0 Å². The minimum Gasteiger partial charge on any atom is -0.319 e. The predicted molar refractivity (Wildman–Crippen MR) is 78.6 cm³/mol. The van der Waals surface area contributed by atoms with Crippen LogP contribution in [0.1, 0.15) is 22.9 Å². The van der Waals surface area contributed by atoms with Gasteiger partial charge in [0.1, 0.15) is 0 Å². The topological polar surface area (TPSA) is 56.7 Å². The molecule has 2 N–H and O–H groups in total. The van der Waals surface area contributed by atoms with Crippen molar-refractivity contribution >= 4 is 0 Å². The average molecular weight is 264 g/mol. The Kier molecular flexibility index (Phi) is 3.31. The molecule has 0 saturated carbocycles. The van der Waals surface area contributed by atoms with Crippen molar-refractivity contribution in [3.05, 3.63) is 78.1 Å². The summed E-state index contributed by atoms with van der Waals surface area (Å²) in [5.41, 5.74) is 10.5. The van der Waals surface area contributed by atoms with Crippen LogP contribution in [0.25, 0.3) is 5.69 Å². The molecule has 0 aliphatic heterocycles. The van der Waals surface area contributed by atoms with E-state index in [1.165, 1.54) is 0 Å². The number of benzene rings is 1. The summed E-state index contributed by atoms with van der Waals surface area (Å²) in [7, 11) is 0. The molecule has 20 heavy (non-hydrogen) atoms. The minimum atomic E-state index is -0.209. The average Bonchev–Trinajstić information content (AvgIpc) is 2.97. The smallest absolute Gasteiger partial charge is 0.0995 e. The van der Waals surface area contributed by atoms with Gasteiger partial charge in [0.25, 0.3) is 0 Å². The standard InChI is InChI=1S/C16H16N4/c1-12-7-14(9-18-8-12)20-11-19-10-15(20)16(17)13-5-3-2-4-6-13/h2-11,16H,17H2,1H3. The number of nitrogens with two attached hydrogens (primary N) is 1. The molecule has 0 spiro atoms. The van der Waals surface area contributed by atoms with E-state index >= 15 is 0 Å². The highest BCUT2D eigenvalue weighted by Gasteiger charge is 2.14. The number of rotatable bonds is 3. The number of hydrogen-bond donors (Lipinski definition) is 1. The molecule has 0 aliphatic rings. The lowest BCUT2D eigenvalue weighted by Crippen LogP contribution is -2.15. The first-order valence-corrected chi connectivity index (χ1v) is 6.50. The van der Waals surface area contributed by atoms with E-state index in [-0.39, 0.29) is 6.04 Å². The highest BCUT2D eigenvalue weighted by atomic mass is 15.1. The predicted octanol–water partition coefficient (Wildman–Crippen LogP) is 2.62. The highest BCUT2D eigenvalue weighted by Crippen LogP contribution is 2.22. The lowest BCUT2D eigenvalue weighted by molar-refractivity contribution is 0.791. The number of aromatic nitrogens is 3. The Morgan fingerprint density at radius 3 is 2.60 bits per heavy atom. The van der Waals surface area contributed by atoms with Crippen LogP contribution in [0.3, 0.4) is 0 Å². The van der Waals surface area contributed by atoms with Crippen LogP contribution in [0.2, 0.25) is 0 Å². The zero-order valence-electron chi connectivity index (χ0n) is 11.3. The number of imidazole rings is 1. The van der Waals surface area contributed by atoms with Gasteiger partial charge >= 0.3 is 0 Å². The van der Waals surface area contributed by atoms with Crippen LogP contribution in [0.5, 0.6) is 0 Å².